The summed E-state index contributed by atoms with van der Waals surface area (Å²) in [5.41, 5.74) is 2.17. The second kappa shape index (κ2) is 9.41. The highest BCUT2D eigenvalue weighted by Crippen LogP contribution is 2.34. The number of nitrogens with zero attached hydrogens (tertiary/aromatic N) is 3. The molecule has 7 heteroatoms. The van der Waals surface area contributed by atoms with E-state index in [-0.39, 0.29) is 18.0 Å². The number of hydrogen-bond acceptors (Lipinski definition) is 5. The highest BCUT2D eigenvalue weighted by atomic mass is 16.6. The van der Waals surface area contributed by atoms with Crippen LogP contribution in [0.2, 0.25) is 0 Å². The van der Waals surface area contributed by atoms with E-state index in [1.54, 1.807) is 18.2 Å². The molecule has 1 aromatic carbocycles. The van der Waals surface area contributed by atoms with Crippen molar-refractivity contribution in [1.29, 1.82) is 0 Å². The van der Waals surface area contributed by atoms with Gasteiger partial charge in [-0.05, 0) is 70.2 Å². The fourth-order valence-corrected chi connectivity index (χ4v) is 4.26. The van der Waals surface area contributed by atoms with Gasteiger partial charge in [0.1, 0.15) is 5.60 Å². The van der Waals surface area contributed by atoms with Crippen molar-refractivity contribution in [1.82, 2.24) is 14.8 Å². The summed E-state index contributed by atoms with van der Waals surface area (Å²) in [5.74, 6) is 0.649. The topological polar surface area (TPSA) is 72.0 Å². The lowest BCUT2D eigenvalue weighted by Gasteiger charge is -2.39. The standard InChI is InChI=1S/C26H33N3O4/c1-26(2,3)33-25(31)28-15-13-22(14-16-28)29(21-10-11-21)24(30)19-7-5-18(6-8-19)20-9-12-23(32-4)27-17-20/h5-9,12,17,21-22H,10-11,13-16H2,1-4H3. The first-order chi connectivity index (χ1) is 15.7. The summed E-state index contributed by atoms with van der Waals surface area (Å²) in [6, 6.07) is 12.0. The van der Waals surface area contributed by atoms with Gasteiger partial charge in [0, 0.05) is 48.6 Å². The van der Waals surface area contributed by atoms with Gasteiger partial charge in [-0.1, -0.05) is 12.1 Å². The van der Waals surface area contributed by atoms with Crippen molar-refractivity contribution in [2.24, 2.45) is 0 Å². The maximum atomic E-state index is 13.5. The van der Waals surface area contributed by atoms with Crippen molar-refractivity contribution in [3.8, 4) is 17.0 Å². The number of piperidine rings is 1. The minimum absolute atomic E-state index is 0.0765. The Morgan fingerprint density at radius 3 is 2.06 bits per heavy atom. The predicted octanol–water partition coefficient (Wildman–Crippen LogP) is 4.76. The van der Waals surface area contributed by atoms with E-state index >= 15 is 0 Å². The summed E-state index contributed by atoms with van der Waals surface area (Å²) >= 11 is 0. The van der Waals surface area contributed by atoms with Gasteiger partial charge in [0.25, 0.3) is 5.91 Å². The van der Waals surface area contributed by atoms with Crippen LogP contribution in [0, 0.1) is 0 Å². The second-order valence-electron chi connectivity index (χ2n) is 9.81. The van der Waals surface area contributed by atoms with Gasteiger partial charge < -0.3 is 19.3 Å². The van der Waals surface area contributed by atoms with Gasteiger partial charge in [0.2, 0.25) is 5.88 Å². The fourth-order valence-electron chi connectivity index (χ4n) is 4.26. The van der Waals surface area contributed by atoms with Gasteiger partial charge in [-0.25, -0.2) is 9.78 Å². The summed E-state index contributed by atoms with van der Waals surface area (Å²) < 4.78 is 10.6. The first-order valence-corrected chi connectivity index (χ1v) is 11.7. The number of benzene rings is 1. The number of likely N-dealkylation sites (tertiary alicyclic amines) is 1. The number of pyridine rings is 1. The van der Waals surface area contributed by atoms with Crippen LogP contribution >= 0.6 is 0 Å². The molecule has 33 heavy (non-hydrogen) atoms. The second-order valence-corrected chi connectivity index (χ2v) is 9.81. The lowest BCUT2D eigenvalue weighted by Crippen LogP contribution is -2.50. The van der Waals surface area contributed by atoms with E-state index in [9.17, 15) is 9.59 Å². The van der Waals surface area contributed by atoms with Gasteiger partial charge in [-0.15, -0.1) is 0 Å². The van der Waals surface area contributed by atoms with Crippen LogP contribution in [0.4, 0.5) is 4.79 Å². The number of aromatic nitrogens is 1. The molecule has 1 aliphatic heterocycles. The third-order valence-corrected chi connectivity index (χ3v) is 6.10. The molecule has 0 atom stereocenters. The molecule has 2 fully saturated rings. The number of hydrogen-bond donors (Lipinski definition) is 0. The Morgan fingerprint density at radius 2 is 1.55 bits per heavy atom. The van der Waals surface area contributed by atoms with Gasteiger partial charge in [-0.2, -0.15) is 0 Å². The summed E-state index contributed by atoms with van der Waals surface area (Å²) in [6.07, 6.45) is 5.15. The summed E-state index contributed by atoms with van der Waals surface area (Å²) in [7, 11) is 1.59. The normalized spacial score (nSPS) is 16.9. The highest BCUT2D eigenvalue weighted by molar-refractivity contribution is 5.95. The molecule has 2 aromatic rings. The van der Waals surface area contributed by atoms with Crippen molar-refractivity contribution < 1.29 is 19.1 Å². The van der Waals surface area contributed by atoms with Crippen LogP contribution in [0.25, 0.3) is 11.1 Å². The number of methoxy groups -OCH3 is 1. The first-order valence-electron chi connectivity index (χ1n) is 11.7. The Hall–Kier alpha value is -3.09. The van der Waals surface area contributed by atoms with Crippen LogP contribution < -0.4 is 4.74 Å². The number of carbonyl (C=O) groups excluding carboxylic acids is 2. The van der Waals surface area contributed by atoms with Gasteiger partial charge in [0.15, 0.2) is 0 Å². The van der Waals surface area contributed by atoms with Crippen molar-refractivity contribution >= 4 is 12.0 Å². The Bertz CT molecular complexity index is 970. The third-order valence-electron chi connectivity index (χ3n) is 6.10. The van der Waals surface area contributed by atoms with E-state index < -0.39 is 5.60 Å². The number of rotatable bonds is 5. The van der Waals surface area contributed by atoms with E-state index in [4.69, 9.17) is 9.47 Å². The van der Waals surface area contributed by atoms with Crippen molar-refractivity contribution in [3.05, 3.63) is 48.2 Å². The molecule has 0 N–H and O–H groups in total. The smallest absolute Gasteiger partial charge is 0.410 e. The lowest BCUT2D eigenvalue weighted by atomic mass is 10.0. The monoisotopic (exact) mass is 451 g/mol. The van der Waals surface area contributed by atoms with E-state index in [0.29, 0.717) is 30.6 Å². The molecule has 4 rings (SSSR count). The first kappa shape index (κ1) is 23.1. The average Bonchev–Trinajstić information content (AvgIpc) is 3.64. The van der Waals surface area contributed by atoms with Crippen LogP contribution in [-0.2, 0) is 4.74 Å². The molecule has 0 bridgehead atoms. The number of amides is 2. The largest absolute Gasteiger partial charge is 0.481 e. The Labute approximate surface area is 195 Å². The Morgan fingerprint density at radius 1 is 0.939 bits per heavy atom. The van der Waals surface area contributed by atoms with Crippen molar-refractivity contribution in [3.63, 3.8) is 0 Å². The average molecular weight is 452 g/mol. The SMILES string of the molecule is COc1ccc(-c2ccc(C(=O)N(C3CC3)C3CCN(C(=O)OC(C)(C)C)CC3)cc2)cn1. The molecular formula is C26H33N3O4. The molecule has 1 aliphatic carbocycles. The molecule has 2 heterocycles. The fraction of sp³-hybridized carbons (Fsp3) is 0.500. The minimum Gasteiger partial charge on any atom is -0.481 e. The van der Waals surface area contributed by atoms with Crippen LogP contribution in [0.15, 0.2) is 42.6 Å². The zero-order valence-electron chi connectivity index (χ0n) is 19.9. The van der Waals surface area contributed by atoms with E-state index in [0.717, 1.165) is 36.8 Å². The third kappa shape index (κ3) is 5.64. The molecule has 0 unspecified atom stereocenters. The number of carbonyl (C=O) groups is 2. The quantitative estimate of drug-likeness (QED) is 0.655. The molecule has 2 aliphatic rings. The van der Waals surface area contributed by atoms with Crippen LogP contribution in [-0.4, -0.2) is 64.7 Å². The lowest BCUT2D eigenvalue weighted by molar-refractivity contribution is 0.0142. The van der Waals surface area contributed by atoms with Crippen LogP contribution in [0.1, 0.15) is 56.8 Å². The van der Waals surface area contributed by atoms with Gasteiger partial charge in [-0.3, -0.25) is 4.79 Å². The van der Waals surface area contributed by atoms with E-state index in [2.05, 4.69) is 9.88 Å². The minimum atomic E-state index is -0.502. The molecule has 0 spiro atoms. The van der Waals surface area contributed by atoms with Crippen molar-refractivity contribution in [2.45, 2.75) is 64.1 Å². The number of ether oxygens (including phenoxy) is 2. The van der Waals surface area contributed by atoms with E-state index in [1.807, 2.05) is 57.2 Å². The Balaban J connectivity index is 1.41. The Kier molecular flexibility index (Phi) is 6.58. The highest BCUT2D eigenvalue weighted by Gasteiger charge is 2.39. The molecule has 2 amide bonds. The molecule has 0 radical (unpaired) electrons. The summed E-state index contributed by atoms with van der Waals surface area (Å²) in [5, 5.41) is 0. The van der Waals surface area contributed by atoms with Crippen molar-refractivity contribution in [2.75, 3.05) is 20.2 Å². The predicted molar refractivity (Wildman–Crippen MR) is 126 cm³/mol. The molecule has 1 aromatic heterocycles. The van der Waals surface area contributed by atoms with E-state index in [1.165, 1.54) is 0 Å². The summed E-state index contributed by atoms with van der Waals surface area (Å²) in [4.78, 5) is 33.9. The summed E-state index contributed by atoms with van der Waals surface area (Å²) in [6.45, 7) is 6.85. The maximum Gasteiger partial charge on any atom is 0.410 e. The maximum absolute atomic E-state index is 13.5. The van der Waals surface area contributed by atoms with Crippen LogP contribution in [0.5, 0.6) is 5.88 Å². The van der Waals surface area contributed by atoms with Crippen LogP contribution in [0.3, 0.4) is 0 Å². The molecule has 176 valence electrons. The zero-order chi connectivity index (χ0) is 23.6. The molecule has 7 nitrogen and oxygen atoms in total. The van der Waals surface area contributed by atoms with Gasteiger partial charge >= 0.3 is 6.09 Å². The molecular weight excluding hydrogens is 418 g/mol. The van der Waals surface area contributed by atoms with Gasteiger partial charge in [0.05, 0.1) is 7.11 Å². The molecule has 1 saturated heterocycles. The zero-order valence-corrected chi connectivity index (χ0v) is 19.9. The molecule has 1 saturated carbocycles.